The minimum absolute atomic E-state index is 0.285. The zero-order valence-electron chi connectivity index (χ0n) is 26.9. The van der Waals surface area contributed by atoms with Gasteiger partial charge in [-0.25, -0.2) is 8.78 Å². The van der Waals surface area contributed by atoms with Crippen molar-refractivity contribution < 1.29 is 18.3 Å². The van der Waals surface area contributed by atoms with E-state index in [4.69, 9.17) is 9.47 Å². The van der Waals surface area contributed by atoms with Crippen LogP contribution in [0.25, 0.3) is 11.1 Å². The van der Waals surface area contributed by atoms with Gasteiger partial charge in [0.05, 0.1) is 13.2 Å². The van der Waals surface area contributed by atoms with E-state index in [1.54, 1.807) is 12.1 Å². The summed E-state index contributed by atoms with van der Waals surface area (Å²) in [4.78, 5) is 0. The van der Waals surface area contributed by atoms with Crippen LogP contribution in [0.15, 0.2) is 24.3 Å². The second kappa shape index (κ2) is 20.7. The maximum absolute atomic E-state index is 15.4. The number of ether oxygens (including phenoxy) is 2. The van der Waals surface area contributed by atoms with E-state index in [1.807, 2.05) is 12.1 Å². The molecular weight excluding hydrogens is 526 g/mol. The Morgan fingerprint density at radius 2 is 0.762 bits per heavy atom. The van der Waals surface area contributed by atoms with E-state index < -0.39 is 0 Å². The Morgan fingerprint density at radius 1 is 0.452 bits per heavy atom. The summed E-state index contributed by atoms with van der Waals surface area (Å²) in [6, 6.07) is 7.22. The lowest BCUT2D eigenvalue weighted by Gasteiger charge is -2.23. The summed E-state index contributed by atoms with van der Waals surface area (Å²) < 4.78 is 42.4. The van der Waals surface area contributed by atoms with E-state index in [0.29, 0.717) is 48.7 Å². The summed E-state index contributed by atoms with van der Waals surface area (Å²) in [5.74, 6) is 0.0777. The smallest absolute Gasteiger partial charge is 0.168 e. The van der Waals surface area contributed by atoms with E-state index in [1.165, 1.54) is 103 Å². The minimum atomic E-state index is -0.285. The van der Waals surface area contributed by atoms with Crippen LogP contribution in [-0.2, 0) is 12.8 Å². The molecule has 3 rings (SSSR count). The van der Waals surface area contributed by atoms with Crippen LogP contribution in [0.1, 0.15) is 153 Å². The molecule has 2 nitrogen and oxygen atoms in total. The van der Waals surface area contributed by atoms with Gasteiger partial charge in [-0.3, -0.25) is 0 Å². The topological polar surface area (TPSA) is 18.5 Å². The number of hydrogen-bond acceptors (Lipinski definition) is 2. The molecule has 2 aromatic carbocycles. The standard InChI is InChI=1S/C38H58F2O2/c1-3-5-7-9-11-13-15-17-19-21-29-41-35-27-25-31-32-26-28-36(38(40)34(32)24-23-33(31)37(35)39)42-30-22-20-18-16-14-12-10-8-6-4-2/h25-28H,3-24,29-30H2,1-2H3. The highest BCUT2D eigenvalue weighted by atomic mass is 19.1. The molecule has 42 heavy (non-hydrogen) atoms. The molecule has 0 aliphatic heterocycles. The lowest BCUT2D eigenvalue weighted by molar-refractivity contribution is 0.288. The lowest BCUT2D eigenvalue weighted by atomic mass is 9.84. The van der Waals surface area contributed by atoms with E-state index in [-0.39, 0.29) is 11.6 Å². The molecule has 0 bridgehead atoms. The van der Waals surface area contributed by atoms with Crippen molar-refractivity contribution in [1.82, 2.24) is 0 Å². The third-order valence-corrected chi connectivity index (χ3v) is 8.84. The van der Waals surface area contributed by atoms with Gasteiger partial charge in [0.15, 0.2) is 23.1 Å². The number of benzene rings is 2. The number of halogens is 2. The summed E-state index contributed by atoms with van der Waals surface area (Å²) >= 11 is 0. The molecule has 0 aromatic heterocycles. The fourth-order valence-corrected chi connectivity index (χ4v) is 6.21. The molecule has 1 aliphatic carbocycles. The van der Waals surface area contributed by atoms with Crippen LogP contribution in [0.5, 0.6) is 11.5 Å². The first-order chi connectivity index (χ1) is 20.7. The van der Waals surface area contributed by atoms with Crippen molar-refractivity contribution in [3.8, 4) is 22.6 Å². The first kappa shape index (κ1) is 34.4. The predicted molar refractivity (Wildman–Crippen MR) is 174 cm³/mol. The van der Waals surface area contributed by atoms with E-state index in [2.05, 4.69) is 13.8 Å². The monoisotopic (exact) mass is 584 g/mol. The number of fused-ring (bicyclic) bond motifs is 3. The van der Waals surface area contributed by atoms with Crippen LogP contribution < -0.4 is 9.47 Å². The van der Waals surface area contributed by atoms with Gasteiger partial charge in [0, 0.05) is 0 Å². The fraction of sp³-hybridized carbons (Fsp3) is 0.684. The molecule has 0 saturated heterocycles. The van der Waals surface area contributed by atoms with Crippen LogP contribution >= 0.6 is 0 Å². The molecule has 0 heterocycles. The van der Waals surface area contributed by atoms with E-state index in [0.717, 1.165) is 36.8 Å². The van der Waals surface area contributed by atoms with Crippen molar-refractivity contribution in [2.75, 3.05) is 13.2 Å². The third-order valence-electron chi connectivity index (χ3n) is 8.84. The SMILES string of the molecule is CCCCCCCCCCCCOc1ccc2c(c1F)CCc1c-2ccc(OCCCCCCCCCCCC)c1F. The van der Waals surface area contributed by atoms with Crippen molar-refractivity contribution in [3.63, 3.8) is 0 Å². The van der Waals surface area contributed by atoms with Gasteiger partial charge in [-0.1, -0.05) is 142 Å². The van der Waals surface area contributed by atoms with Crippen LogP contribution in [-0.4, -0.2) is 13.2 Å². The van der Waals surface area contributed by atoms with Gasteiger partial charge in [0.1, 0.15) is 0 Å². The zero-order valence-corrected chi connectivity index (χ0v) is 26.9. The molecule has 0 radical (unpaired) electrons. The molecule has 0 saturated carbocycles. The van der Waals surface area contributed by atoms with Gasteiger partial charge in [0.2, 0.25) is 0 Å². The Hall–Kier alpha value is -2.10. The molecule has 2 aromatic rings. The molecule has 0 N–H and O–H groups in total. The predicted octanol–water partition coefficient (Wildman–Crippen LogP) is 12.3. The Balaban J connectivity index is 1.38. The Kier molecular flexibility index (Phi) is 17.0. The van der Waals surface area contributed by atoms with Gasteiger partial charge in [-0.2, -0.15) is 0 Å². The second-order valence-corrected chi connectivity index (χ2v) is 12.4. The molecule has 4 heteroatoms. The highest BCUT2D eigenvalue weighted by molar-refractivity contribution is 5.75. The number of hydrogen-bond donors (Lipinski definition) is 0. The van der Waals surface area contributed by atoms with Crippen molar-refractivity contribution in [3.05, 3.63) is 47.0 Å². The molecule has 0 amide bonds. The molecule has 0 spiro atoms. The fourth-order valence-electron chi connectivity index (χ4n) is 6.21. The van der Waals surface area contributed by atoms with Crippen LogP contribution in [0.2, 0.25) is 0 Å². The van der Waals surface area contributed by atoms with Gasteiger partial charge in [-0.05, 0) is 60.1 Å². The summed E-state index contributed by atoms with van der Waals surface area (Å²) in [6.45, 7) is 5.58. The summed E-state index contributed by atoms with van der Waals surface area (Å²) in [5.41, 5.74) is 2.84. The van der Waals surface area contributed by atoms with Gasteiger partial charge < -0.3 is 9.47 Å². The van der Waals surface area contributed by atoms with Crippen molar-refractivity contribution in [2.45, 2.75) is 155 Å². The maximum Gasteiger partial charge on any atom is 0.168 e. The van der Waals surface area contributed by atoms with Crippen molar-refractivity contribution >= 4 is 0 Å². The minimum Gasteiger partial charge on any atom is -0.491 e. The Labute approximate surface area is 256 Å². The summed E-state index contributed by atoms with van der Waals surface area (Å²) in [7, 11) is 0. The highest BCUT2D eigenvalue weighted by Crippen LogP contribution is 2.40. The largest absolute Gasteiger partial charge is 0.491 e. The molecule has 1 aliphatic rings. The first-order valence-electron chi connectivity index (χ1n) is 17.6. The van der Waals surface area contributed by atoms with E-state index >= 15 is 8.78 Å². The highest BCUT2D eigenvalue weighted by Gasteiger charge is 2.25. The summed E-state index contributed by atoms with van der Waals surface area (Å²) in [5, 5.41) is 0. The molecule has 0 fully saturated rings. The molecule has 0 unspecified atom stereocenters. The Morgan fingerprint density at radius 3 is 1.10 bits per heavy atom. The molecular formula is C38H58F2O2. The average molecular weight is 585 g/mol. The summed E-state index contributed by atoms with van der Waals surface area (Å²) in [6.07, 6.45) is 26.2. The number of rotatable bonds is 24. The Bertz CT molecular complexity index is 937. The van der Waals surface area contributed by atoms with Crippen LogP contribution in [0.3, 0.4) is 0 Å². The van der Waals surface area contributed by atoms with E-state index in [9.17, 15) is 0 Å². The third kappa shape index (κ3) is 11.5. The van der Waals surface area contributed by atoms with Crippen molar-refractivity contribution in [1.29, 1.82) is 0 Å². The molecule has 236 valence electrons. The van der Waals surface area contributed by atoms with Gasteiger partial charge in [0.25, 0.3) is 0 Å². The van der Waals surface area contributed by atoms with Crippen LogP contribution in [0, 0.1) is 11.6 Å². The normalized spacial score (nSPS) is 12.3. The van der Waals surface area contributed by atoms with Gasteiger partial charge >= 0.3 is 0 Å². The first-order valence-corrected chi connectivity index (χ1v) is 17.6. The number of unbranched alkanes of at least 4 members (excludes halogenated alkanes) is 18. The lowest BCUT2D eigenvalue weighted by Crippen LogP contribution is -2.11. The average Bonchev–Trinajstić information content (AvgIpc) is 3.00. The zero-order chi connectivity index (χ0) is 29.8. The van der Waals surface area contributed by atoms with Gasteiger partial charge in [-0.15, -0.1) is 0 Å². The quantitative estimate of drug-likeness (QED) is 0.114. The van der Waals surface area contributed by atoms with Crippen molar-refractivity contribution in [2.24, 2.45) is 0 Å². The second-order valence-electron chi connectivity index (χ2n) is 12.4. The van der Waals surface area contributed by atoms with Crippen LogP contribution in [0.4, 0.5) is 8.78 Å². The maximum atomic E-state index is 15.4. The molecule has 0 atom stereocenters.